The SMILES string of the molecule is O=C(Nc1ccccc1-n1ccnc1)C(O)c1ccccc1. The maximum Gasteiger partial charge on any atom is 0.257 e. The Morgan fingerprint density at radius 3 is 2.55 bits per heavy atom. The first kappa shape index (κ1) is 14.0. The first-order chi connectivity index (χ1) is 10.8. The molecule has 0 bridgehead atoms. The number of carbonyl (C=O) groups is 1. The number of amides is 1. The highest BCUT2D eigenvalue weighted by Gasteiger charge is 2.18. The van der Waals surface area contributed by atoms with Crippen LogP contribution in [0.5, 0.6) is 0 Å². The number of aliphatic hydroxyl groups is 1. The molecular formula is C17H15N3O2. The number of anilines is 1. The zero-order chi connectivity index (χ0) is 15.4. The number of nitrogens with zero attached hydrogens (tertiary/aromatic N) is 2. The summed E-state index contributed by atoms with van der Waals surface area (Å²) in [7, 11) is 0. The molecule has 0 fully saturated rings. The maximum absolute atomic E-state index is 12.2. The van der Waals surface area contributed by atoms with Crippen LogP contribution in [0.1, 0.15) is 11.7 Å². The Kier molecular flexibility index (Phi) is 3.98. The summed E-state index contributed by atoms with van der Waals surface area (Å²) in [4.78, 5) is 16.3. The number of aliphatic hydroxyl groups excluding tert-OH is 1. The second-order valence-corrected chi connectivity index (χ2v) is 4.79. The van der Waals surface area contributed by atoms with Crippen molar-refractivity contribution >= 4 is 11.6 Å². The van der Waals surface area contributed by atoms with Gasteiger partial charge in [0.2, 0.25) is 0 Å². The summed E-state index contributed by atoms with van der Waals surface area (Å²) in [5, 5.41) is 12.9. The monoisotopic (exact) mass is 293 g/mol. The number of hydrogen-bond donors (Lipinski definition) is 2. The minimum absolute atomic E-state index is 0.473. The Hall–Kier alpha value is -2.92. The predicted molar refractivity (Wildman–Crippen MR) is 83.6 cm³/mol. The number of nitrogens with one attached hydrogen (secondary N) is 1. The number of aromatic nitrogens is 2. The summed E-state index contributed by atoms with van der Waals surface area (Å²) in [5.41, 5.74) is 1.95. The minimum Gasteiger partial charge on any atom is -0.378 e. The van der Waals surface area contributed by atoms with E-state index in [0.717, 1.165) is 5.69 Å². The molecule has 0 saturated heterocycles. The number of benzene rings is 2. The maximum atomic E-state index is 12.2. The fraction of sp³-hybridized carbons (Fsp3) is 0.0588. The van der Waals surface area contributed by atoms with E-state index in [-0.39, 0.29) is 0 Å². The van der Waals surface area contributed by atoms with Crippen molar-refractivity contribution in [3.63, 3.8) is 0 Å². The highest BCUT2D eigenvalue weighted by atomic mass is 16.3. The lowest BCUT2D eigenvalue weighted by Gasteiger charge is -2.14. The predicted octanol–water partition coefficient (Wildman–Crippen LogP) is 2.54. The van der Waals surface area contributed by atoms with Crippen molar-refractivity contribution in [2.24, 2.45) is 0 Å². The van der Waals surface area contributed by atoms with E-state index < -0.39 is 12.0 Å². The normalized spacial score (nSPS) is 11.9. The lowest BCUT2D eigenvalue weighted by Crippen LogP contribution is -2.21. The quantitative estimate of drug-likeness (QED) is 0.777. The van der Waals surface area contributed by atoms with E-state index in [1.165, 1.54) is 0 Å². The molecule has 1 unspecified atom stereocenters. The van der Waals surface area contributed by atoms with E-state index in [1.54, 1.807) is 53.6 Å². The van der Waals surface area contributed by atoms with Gasteiger partial charge in [0.25, 0.3) is 5.91 Å². The van der Waals surface area contributed by atoms with Crippen molar-refractivity contribution in [3.05, 3.63) is 78.9 Å². The lowest BCUT2D eigenvalue weighted by molar-refractivity contribution is -0.124. The minimum atomic E-state index is -1.21. The zero-order valence-corrected chi connectivity index (χ0v) is 11.8. The third-order valence-electron chi connectivity index (χ3n) is 3.31. The van der Waals surface area contributed by atoms with Gasteiger partial charge in [-0.3, -0.25) is 4.79 Å². The molecule has 22 heavy (non-hydrogen) atoms. The van der Waals surface area contributed by atoms with Crippen LogP contribution in [0.2, 0.25) is 0 Å². The molecule has 3 aromatic rings. The van der Waals surface area contributed by atoms with E-state index in [0.29, 0.717) is 11.3 Å². The van der Waals surface area contributed by atoms with Gasteiger partial charge in [-0.15, -0.1) is 0 Å². The Morgan fingerprint density at radius 2 is 1.82 bits per heavy atom. The van der Waals surface area contributed by atoms with E-state index in [4.69, 9.17) is 0 Å². The van der Waals surface area contributed by atoms with Crippen molar-refractivity contribution in [2.45, 2.75) is 6.10 Å². The van der Waals surface area contributed by atoms with Crippen LogP contribution in [-0.4, -0.2) is 20.6 Å². The Labute approximate surface area is 127 Å². The largest absolute Gasteiger partial charge is 0.378 e. The highest BCUT2D eigenvalue weighted by molar-refractivity contribution is 5.96. The second-order valence-electron chi connectivity index (χ2n) is 4.79. The Morgan fingerprint density at radius 1 is 1.09 bits per heavy atom. The molecule has 5 heteroatoms. The topological polar surface area (TPSA) is 67.2 Å². The number of para-hydroxylation sites is 2. The molecule has 2 N–H and O–H groups in total. The molecule has 0 radical (unpaired) electrons. The summed E-state index contributed by atoms with van der Waals surface area (Å²) < 4.78 is 1.80. The van der Waals surface area contributed by atoms with Gasteiger partial charge in [0.15, 0.2) is 6.10 Å². The zero-order valence-electron chi connectivity index (χ0n) is 11.8. The highest BCUT2D eigenvalue weighted by Crippen LogP contribution is 2.22. The van der Waals surface area contributed by atoms with Crippen LogP contribution in [0.25, 0.3) is 5.69 Å². The van der Waals surface area contributed by atoms with Gasteiger partial charge < -0.3 is 15.0 Å². The van der Waals surface area contributed by atoms with Gasteiger partial charge in [-0.2, -0.15) is 0 Å². The van der Waals surface area contributed by atoms with Gasteiger partial charge in [-0.1, -0.05) is 42.5 Å². The standard InChI is InChI=1S/C17H15N3O2/c21-16(13-6-2-1-3-7-13)17(22)19-14-8-4-5-9-15(14)20-11-10-18-12-20/h1-12,16,21H,(H,19,22). The van der Waals surface area contributed by atoms with Gasteiger partial charge in [0, 0.05) is 12.4 Å². The van der Waals surface area contributed by atoms with E-state index in [2.05, 4.69) is 10.3 Å². The van der Waals surface area contributed by atoms with Crippen molar-refractivity contribution < 1.29 is 9.90 Å². The van der Waals surface area contributed by atoms with E-state index in [1.807, 2.05) is 24.3 Å². The van der Waals surface area contributed by atoms with E-state index in [9.17, 15) is 9.90 Å². The third-order valence-corrected chi connectivity index (χ3v) is 3.31. The summed E-state index contributed by atoms with van der Waals surface area (Å²) in [5.74, 6) is -0.473. The molecule has 5 nitrogen and oxygen atoms in total. The summed E-state index contributed by atoms with van der Waals surface area (Å²) >= 11 is 0. The molecule has 1 amide bonds. The summed E-state index contributed by atoms with van der Waals surface area (Å²) in [6, 6.07) is 16.2. The molecule has 110 valence electrons. The van der Waals surface area contributed by atoms with Crippen molar-refractivity contribution in [1.82, 2.24) is 9.55 Å². The number of rotatable bonds is 4. The first-order valence-electron chi connectivity index (χ1n) is 6.87. The molecule has 0 aliphatic rings. The van der Waals surface area contributed by atoms with Crippen LogP contribution >= 0.6 is 0 Å². The number of carbonyl (C=O) groups excluding carboxylic acids is 1. The van der Waals surface area contributed by atoms with Crippen LogP contribution in [-0.2, 0) is 4.79 Å². The van der Waals surface area contributed by atoms with Crippen molar-refractivity contribution in [1.29, 1.82) is 0 Å². The summed E-state index contributed by atoms with van der Waals surface area (Å²) in [6.07, 6.45) is 3.89. The molecule has 0 spiro atoms. The van der Waals surface area contributed by atoms with Gasteiger partial charge in [-0.25, -0.2) is 4.98 Å². The van der Waals surface area contributed by atoms with Crippen LogP contribution < -0.4 is 5.32 Å². The number of hydrogen-bond acceptors (Lipinski definition) is 3. The number of imidazole rings is 1. The molecule has 1 aromatic heterocycles. The molecule has 0 aliphatic heterocycles. The molecular weight excluding hydrogens is 278 g/mol. The third kappa shape index (κ3) is 2.89. The smallest absolute Gasteiger partial charge is 0.257 e. The molecule has 3 rings (SSSR count). The Balaban J connectivity index is 1.83. The molecule has 1 atom stereocenters. The van der Waals surface area contributed by atoms with Gasteiger partial charge in [0.1, 0.15) is 0 Å². The van der Waals surface area contributed by atoms with Crippen LogP contribution in [0.3, 0.4) is 0 Å². The Bertz CT molecular complexity index is 755. The van der Waals surface area contributed by atoms with Gasteiger partial charge in [0.05, 0.1) is 17.7 Å². The molecule has 2 aromatic carbocycles. The van der Waals surface area contributed by atoms with Gasteiger partial charge >= 0.3 is 0 Å². The van der Waals surface area contributed by atoms with Crippen LogP contribution in [0.4, 0.5) is 5.69 Å². The summed E-state index contributed by atoms with van der Waals surface area (Å²) in [6.45, 7) is 0. The van der Waals surface area contributed by atoms with Crippen LogP contribution in [0, 0.1) is 0 Å². The first-order valence-corrected chi connectivity index (χ1v) is 6.87. The van der Waals surface area contributed by atoms with Crippen LogP contribution in [0.15, 0.2) is 73.3 Å². The van der Waals surface area contributed by atoms with Crippen molar-refractivity contribution in [2.75, 3.05) is 5.32 Å². The molecule has 0 saturated carbocycles. The molecule has 1 heterocycles. The lowest BCUT2D eigenvalue weighted by atomic mass is 10.1. The van der Waals surface area contributed by atoms with Gasteiger partial charge in [-0.05, 0) is 17.7 Å². The van der Waals surface area contributed by atoms with Crippen molar-refractivity contribution in [3.8, 4) is 5.69 Å². The average Bonchev–Trinajstić information content (AvgIpc) is 3.10. The van der Waals surface area contributed by atoms with E-state index >= 15 is 0 Å². The fourth-order valence-electron chi connectivity index (χ4n) is 2.19. The second kappa shape index (κ2) is 6.24. The average molecular weight is 293 g/mol. The fourth-order valence-corrected chi connectivity index (χ4v) is 2.19. The molecule has 0 aliphatic carbocycles.